The summed E-state index contributed by atoms with van der Waals surface area (Å²) in [5.41, 5.74) is 1.75. The molecule has 0 saturated heterocycles. The molecule has 1 heterocycles. The van der Waals surface area contributed by atoms with E-state index in [2.05, 4.69) is 15.0 Å². The van der Waals surface area contributed by atoms with Crippen LogP contribution in [0.25, 0.3) is 0 Å². The highest BCUT2D eigenvalue weighted by Gasteiger charge is 2.16. The van der Waals surface area contributed by atoms with Gasteiger partial charge in [-0.05, 0) is 42.3 Å². The van der Waals surface area contributed by atoms with Crippen LogP contribution in [0, 0.1) is 0 Å². The zero-order valence-corrected chi connectivity index (χ0v) is 16.5. The summed E-state index contributed by atoms with van der Waals surface area (Å²) in [5.74, 6) is -0.0480. The third kappa shape index (κ3) is 4.72. The molecule has 0 spiro atoms. The quantitative estimate of drug-likeness (QED) is 0.644. The fourth-order valence-electron chi connectivity index (χ4n) is 2.28. The van der Waals surface area contributed by atoms with E-state index in [9.17, 15) is 13.2 Å². The Morgan fingerprint density at radius 3 is 2.30 bits per heavy atom. The van der Waals surface area contributed by atoms with Crippen LogP contribution < -0.4 is 10.0 Å². The van der Waals surface area contributed by atoms with E-state index in [-0.39, 0.29) is 16.7 Å². The minimum Gasteiger partial charge on any atom is -0.298 e. The lowest BCUT2D eigenvalue weighted by Crippen LogP contribution is -2.14. The number of anilines is 2. The summed E-state index contributed by atoms with van der Waals surface area (Å²) in [6.45, 7) is 4.06. The van der Waals surface area contributed by atoms with E-state index in [4.69, 9.17) is 0 Å². The van der Waals surface area contributed by atoms with Crippen LogP contribution >= 0.6 is 11.3 Å². The van der Waals surface area contributed by atoms with E-state index < -0.39 is 10.0 Å². The van der Waals surface area contributed by atoms with Gasteiger partial charge in [-0.3, -0.25) is 14.8 Å². The zero-order chi connectivity index (χ0) is 19.4. The molecule has 0 aliphatic carbocycles. The summed E-state index contributed by atoms with van der Waals surface area (Å²) in [5, 5.41) is 5.16. The molecule has 0 unspecified atom stereocenters. The molecule has 0 bridgehead atoms. The molecule has 3 rings (SSSR count). The maximum atomic E-state index is 12.4. The fourth-order valence-corrected chi connectivity index (χ4v) is 4.21. The Balaban J connectivity index is 1.71. The maximum absolute atomic E-state index is 12.4. The average Bonchev–Trinajstić information content (AvgIpc) is 3.11. The highest BCUT2D eigenvalue weighted by atomic mass is 32.2. The number of hydrogen-bond donors (Lipinski definition) is 2. The predicted molar refractivity (Wildman–Crippen MR) is 108 cm³/mol. The number of amides is 1. The van der Waals surface area contributed by atoms with Crippen molar-refractivity contribution in [2.45, 2.75) is 24.7 Å². The molecule has 0 aliphatic rings. The van der Waals surface area contributed by atoms with Gasteiger partial charge in [0.15, 0.2) is 5.13 Å². The second-order valence-corrected chi connectivity index (χ2v) is 8.72. The lowest BCUT2D eigenvalue weighted by molar-refractivity contribution is 0.102. The molecule has 0 fully saturated rings. The van der Waals surface area contributed by atoms with E-state index in [0.717, 1.165) is 5.69 Å². The van der Waals surface area contributed by atoms with Gasteiger partial charge in [-0.15, -0.1) is 11.3 Å². The second-order valence-electron chi connectivity index (χ2n) is 6.18. The van der Waals surface area contributed by atoms with Crippen LogP contribution in [0.15, 0.2) is 64.9 Å². The zero-order valence-electron chi connectivity index (χ0n) is 14.8. The molecule has 0 saturated carbocycles. The topological polar surface area (TPSA) is 88.2 Å². The van der Waals surface area contributed by atoms with Crippen LogP contribution in [0.2, 0.25) is 0 Å². The second kappa shape index (κ2) is 7.89. The Morgan fingerprint density at radius 1 is 1.04 bits per heavy atom. The summed E-state index contributed by atoms with van der Waals surface area (Å²) in [6, 6.07) is 14.4. The van der Waals surface area contributed by atoms with Crippen LogP contribution in [0.4, 0.5) is 10.8 Å². The van der Waals surface area contributed by atoms with Crippen LogP contribution in [0.3, 0.4) is 0 Å². The number of rotatable bonds is 6. The number of para-hydroxylation sites is 1. The molecule has 2 N–H and O–H groups in total. The summed E-state index contributed by atoms with van der Waals surface area (Å²) in [7, 11) is -3.71. The van der Waals surface area contributed by atoms with Gasteiger partial charge in [-0.1, -0.05) is 32.0 Å². The fraction of sp³-hybridized carbons (Fsp3) is 0.158. The number of nitrogens with one attached hydrogen (secondary N) is 2. The first kappa shape index (κ1) is 19.1. The smallest absolute Gasteiger partial charge is 0.261 e. The highest BCUT2D eigenvalue weighted by Crippen LogP contribution is 2.22. The Bertz CT molecular complexity index is 1030. The van der Waals surface area contributed by atoms with Crippen molar-refractivity contribution in [2.24, 2.45) is 0 Å². The van der Waals surface area contributed by atoms with Gasteiger partial charge in [0.05, 0.1) is 10.6 Å². The Labute approximate surface area is 162 Å². The van der Waals surface area contributed by atoms with E-state index in [1.54, 1.807) is 30.3 Å². The molecule has 140 valence electrons. The van der Waals surface area contributed by atoms with E-state index in [1.807, 2.05) is 19.2 Å². The molecule has 0 aliphatic heterocycles. The minimum atomic E-state index is -3.71. The number of sulfonamides is 1. The first-order valence-electron chi connectivity index (χ1n) is 8.30. The molecular formula is C19H19N3O3S2. The van der Waals surface area contributed by atoms with E-state index >= 15 is 0 Å². The minimum absolute atomic E-state index is 0.0826. The van der Waals surface area contributed by atoms with Crippen molar-refractivity contribution >= 4 is 38.1 Å². The molecule has 2 aromatic carbocycles. The van der Waals surface area contributed by atoms with Crippen LogP contribution in [0.5, 0.6) is 0 Å². The summed E-state index contributed by atoms with van der Waals surface area (Å²) in [6.07, 6.45) is 0. The monoisotopic (exact) mass is 401 g/mol. The standard InChI is InChI=1S/C19H19N3O3S2/c1-13(2)17-12-26-19(20-17)21-18(23)14-8-10-16(11-9-14)27(24,25)22-15-6-4-3-5-7-15/h3-13,22H,1-2H3,(H,20,21,23). The first-order valence-corrected chi connectivity index (χ1v) is 10.7. The Morgan fingerprint density at radius 2 is 1.70 bits per heavy atom. The van der Waals surface area contributed by atoms with Crippen molar-refractivity contribution < 1.29 is 13.2 Å². The normalized spacial score (nSPS) is 11.4. The van der Waals surface area contributed by atoms with Crippen molar-refractivity contribution in [3.63, 3.8) is 0 Å². The van der Waals surface area contributed by atoms with Gasteiger partial charge in [-0.25, -0.2) is 13.4 Å². The number of carbonyl (C=O) groups excluding carboxylic acids is 1. The Hall–Kier alpha value is -2.71. The number of hydrogen-bond acceptors (Lipinski definition) is 5. The maximum Gasteiger partial charge on any atom is 0.261 e. The molecule has 6 nitrogen and oxygen atoms in total. The molecule has 1 aromatic heterocycles. The molecule has 1 amide bonds. The van der Waals surface area contributed by atoms with Gasteiger partial charge in [-0.2, -0.15) is 0 Å². The van der Waals surface area contributed by atoms with E-state index in [1.165, 1.54) is 35.6 Å². The number of nitrogens with zero attached hydrogens (tertiary/aromatic N) is 1. The number of thiazole rings is 1. The SMILES string of the molecule is CC(C)c1csc(NC(=O)c2ccc(S(=O)(=O)Nc3ccccc3)cc2)n1. The number of aromatic nitrogens is 1. The predicted octanol–water partition coefficient (Wildman–Crippen LogP) is 4.32. The van der Waals surface area contributed by atoms with Crippen molar-refractivity contribution in [2.75, 3.05) is 10.0 Å². The van der Waals surface area contributed by atoms with Crippen LogP contribution in [-0.4, -0.2) is 19.3 Å². The molecular weight excluding hydrogens is 382 g/mol. The van der Waals surface area contributed by atoms with Gasteiger partial charge in [0, 0.05) is 16.6 Å². The van der Waals surface area contributed by atoms with E-state index in [0.29, 0.717) is 16.4 Å². The van der Waals surface area contributed by atoms with Gasteiger partial charge < -0.3 is 0 Å². The van der Waals surface area contributed by atoms with Gasteiger partial charge >= 0.3 is 0 Å². The number of carbonyl (C=O) groups is 1. The first-order chi connectivity index (χ1) is 12.8. The lowest BCUT2D eigenvalue weighted by Gasteiger charge is -2.08. The molecule has 27 heavy (non-hydrogen) atoms. The van der Waals surface area contributed by atoms with Crippen LogP contribution in [0.1, 0.15) is 35.8 Å². The average molecular weight is 402 g/mol. The third-order valence-electron chi connectivity index (χ3n) is 3.79. The van der Waals surface area contributed by atoms with Gasteiger partial charge in [0.2, 0.25) is 0 Å². The summed E-state index contributed by atoms with van der Waals surface area (Å²) < 4.78 is 27.3. The van der Waals surface area contributed by atoms with Crippen molar-refractivity contribution in [1.82, 2.24) is 4.98 Å². The van der Waals surface area contributed by atoms with Crippen molar-refractivity contribution in [1.29, 1.82) is 0 Å². The molecule has 8 heteroatoms. The molecule has 3 aromatic rings. The van der Waals surface area contributed by atoms with Crippen molar-refractivity contribution in [3.8, 4) is 0 Å². The van der Waals surface area contributed by atoms with Crippen LogP contribution in [-0.2, 0) is 10.0 Å². The summed E-state index contributed by atoms with van der Waals surface area (Å²) in [4.78, 5) is 16.8. The van der Waals surface area contributed by atoms with Gasteiger partial charge in [0.25, 0.3) is 15.9 Å². The Kier molecular flexibility index (Phi) is 5.57. The summed E-state index contributed by atoms with van der Waals surface area (Å²) >= 11 is 1.36. The van der Waals surface area contributed by atoms with Gasteiger partial charge in [0.1, 0.15) is 0 Å². The molecule has 0 atom stereocenters. The number of benzene rings is 2. The highest BCUT2D eigenvalue weighted by molar-refractivity contribution is 7.92. The van der Waals surface area contributed by atoms with Crippen molar-refractivity contribution in [3.05, 3.63) is 71.2 Å². The molecule has 0 radical (unpaired) electrons. The lowest BCUT2D eigenvalue weighted by atomic mass is 10.2. The largest absolute Gasteiger partial charge is 0.298 e. The third-order valence-corrected chi connectivity index (χ3v) is 5.96.